The number of hydroxylamine groups is 1. The summed E-state index contributed by atoms with van der Waals surface area (Å²) in [6.07, 6.45) is 3.85. The Labute approximate surface area is 198 Å². The smallest absolute Gasteiger partial charge is 0.408 e. The highest BCUT2D eigenvalue weighted by Crippen LogP contribution is 2.64. The molecule has 34 heavy (non-hydrogen) atoms. The lowest BCUT2D eigenvalue weighted by atomic mass is 9.76. The van der Waals surface area contributed by atoms with E-state index >= 15 is 0 Å². The van der Waals surface area contributed by atoms with Crippen molar-refractivity contribution in [3.63, 3.8) is 0 Å². The number of carbonyl (C=O) groups is 3. The molecule has 2 unspecified atom stereocenters. The molecule has 0 aromatic heterocycles. The summed E-state index contributed by atoms with van der Waals surface area (Å²) < 4.78 is 5.48. The average Bonchev–Trinajstić information content (AvgIpc) is 3.32. The minimum atomic E-state index is -1.21. The predicted molar refractivity (Wildman–Crippen MR) is 122 cm³/mol. The first kappa shape index (κ1) is 22.9. The van der Waals surface area contributed by atoms with Crippen LogP contribution in [-0.2, 0) is 14.3 Å². The van der Waals surface area contributed by atoms with Gasteiger partial charge in [-0.15, -0.1) is 0 Å². The number of piperidine rings is 1. The third kappa shape index (κ3) is 4.07. The van der Waals surface area contributed by atoms with E-state index in [-0.39, 0.29) is 12.0 Å². The Kier molecular flexibility index (Phi) is 6.07. The molecule has 1 saturated carbocycles. The highest BCUT2D eigenvalue weighted by Gasteiger charge is 2.64. The Morgan fingerprint density at radius 3 is 2.50 bits per heavy atom. The van der Waals surface area contributed by atoms with Gasteiger partial charge in [-0.25, -0.2) is 10.3 Å². The maximum absolute atomic E-state index is 13.6. The molecule has 2 saturated heterocycles. The van der Waals surface area contributed by atoms with Crippen LogP contribution in [0.4, 0.5) is 4.79 Å². The molecule has 0 radical (unpaired) electrons. The summed E-state index contributed by atoms with van der Waals surface area (Å²) >= 11 is 0. The number of amides is 3. The molecule has 3 N–H and O–H groups in total. The Morgan fingerprint density at radius 1 is 1.09 bits per heavy atom. The maximum atomic E-state index is 13.6. The third-order valence-corrected chi connectivity index (χ3v) is 8.24. The van der Waals surface area contributed by atoms with Gasteiger partial charge in [0.05, 0.1) is 5.92 Å². The van der Waals surface area contributed by atoms with Gasteiger partial charge in [-0.3, -0.25) is 19.7 Å². The molecule has 0 bridgehead atoms. The van der Waals surface area contributed by atoms with Crippen molar-refractivity contribution in [2.45, 2.75) is 31.7 Å². The molecular weight excluding hydrogens is 438 g/mol. The van der Waals surface area contributed by atoms with Gasteiger partial charge in [0.15, 0.2) is 0 Å². The zero-order valence-electron chi connectivity index (χ0n) is 19.1. The Hall–Kier alpha value is -2.91. The second kappa shape index (κ2) is 9.03. The van der Waals surface area contributed by atoms with Crippen LogP contribution in [0.2, 0.25) is 0 Å². The van der Waals surface area contributed by atoms with Crippen molar-refractivity contribution in [2.75, 3.05) is 32.8 Å². The van der Waals surface area contributed by atoms with Gasteiger partial charge in [0.1, 0.15) is 6.04 Å². The number of rotatable bonds is 4. The van der Waals surface area contributed by atoms with Gasteiger partial charge < -0.3 is 14.7 Å². The number of carbonyl (C=O) groups excluding carboxylic acids is 2. The number of likely N-dealkylation sites (tertiary alicyclic amines) is 1. The highest BCUT2D eigenvalue weighted by molar-refractivity contribution is 5.94. The molecule has 3 aliphatic heterocycles. The quantitative estimate of drug-likeness (QED) is 0.460. The van der Waals surface area contributed by atoms with Crippen LogP contribution in [0.25, 0.3) is 5.57 Å². The van der Waals surface area contributed by atoms with E-state index in [0.29, 0.717) is 44.6 Å². The molecule has 3 amide bonds. The average molecular weight is 470 g/mol. The summed E-state index contributed by atoms with van der Waals surface area (Å²) in [6.45, 7) is 2.36. The summed E-state index contributed by atoms with van der Waals surface area (Å²) in [5.41, 5.74) is 3.38. The number of nitrogens with one attached hydrogen (secondary N) is 1. The number of carboxylic acid groups (broad SMARTS) is 1. The summed E-state index contributed by atoms with van der Waals surface area (Å²) in [6, 6.07) is 8.57. The van der Waals surface area contributed by atoms with Gasteiger partial charge in [-0.05, 0) is 54.1 Å². The van der Waals surface area contributed by atoms with Crippen LogP contribution >= 0.6 is 0 Å². The molecule has 1 aromatic carbocycles. The van der Waals surface area contributed by atoms with E-state index in [9.17, 15) is 24.7 Å². The lowest BCUT2D eigenvalue weighted by Crippen LogP contribution is -2.62. The molecule has 1 aliphatic carbocycles. The third-order valence-electron chi connectivity index (χ3n) is 8.24. The van der Waals surface area contributed by atoms with E-state index in [4.69, 9.17) is 4.74 Å². The van der Waals surface area contributed by atoms with Crippen LogP contribution in [0, 0.1) is 23.2 Å². The van der Waals surface area contributed by atoms with Crippen LogP contribution in [-0.4, -0.2) is 76.9 Å². The first-order valence-corrected chi connectivity index (χ1v) is 12.0. The van der Waals surface area contributed by atoms with Crippen molar-refractivity contribution in [1.29, 1.82) is 0 Å². The molecule has 182 valence electrons. The SMILES string of the molecule is O=C(NO)[C@H]1CC2(CC2C2CCOCC2)CN(C(=O)O)[C@@H]1C(=O)N1CC=C(c2ccccc2)C1. The monoisotopic (exact) mass is 469 g/mol. The second-order valence-corrected chi connectivity index (χ2v) is 10.1. The molecule has 1 spiro atoms. The molecule has 1 aromatic rings. The molecule has 9 nitrogen and oxygen atoms in total. The molecular formula is C25H31N3O6. The van der Waals surface area contributed by atoms with Crippen molar-refractivity contribution in [2.24, 2.45) is 23.2 Å². The molecule has 5 rings (SSSR count). The normalized spacial score (nSPS) is 31.3. The van der Waals surface area contributed by atoms with Gasteiger partial charge >= 0.3 is 6.09 Å². The summed E-state index contributed by atoms with van der Waals surface area (Å²) in [7, 11) is 0. The van der Waals surface area contributed by atoms with Gasteiger partial charge in [-0.1, -0.05) is 36.4 Å². The standard InChI is InChI=1S/C25H31N3O6/c29-22(26-33)19-12-25(13-20(25)17-7-10-34-11-8-17)15-28(24(31)32)21(19)23(30)27-9-6-18(14-27)16-4-2-1-3-5-16/h1-6,17,19-21,33H,7-15H2,(H,26,29)(H,31,32)/t19-,20?,21-,25?/m0/s1. The molecule has 4 atom stereocenters. The second-order valence-electron chi connectivity index (χ2n) is 10.1. The topological polar surface area (TPSA) is 119 Å². The zero-order valence-corrected chi connectivity index (χ0v) is 19.1. The Bertz CT molecular complexity index is 992. The Balaban J connectivity index is 1.37. The summed E-state index contributed by atoms with van der Waals surface area (Å²) in [5.74, 6) is -1.28. The van der Waals surface area contributed by atoms with E-state index in [2.05, 4.69) is 0 Å². The minimum absolute atomic E-state index is 0.239. The summed E-state index contributed by atoms with van der Waals surface area (Å²) in [4.78, 5) is 41.5. The number of hydrogen-bond donors (Lipinski definition) is 3. The van der Waals surface area contributed by atoms with Crippen LogP contribution < -0.4 is 5.48 Å². The first-order valence-electron chi connectivity index (χ1n) is 12.0. The fourth-order valence-electron chi connectivity index (χ4n) is 6.43. The van der Waals surface area contributed by atoms with Crippen molar-refractivity contribution >= 4 is 23.5 Å². The van der Waals surface area contributed by atoms with E-state index in [1.807, 2.05) is 36.4 Å². The fraction of sp³-hybridized carbons (Fsp3) is 0.560. The van der Waals surface area contributed by atoms with Crippen LogP contribution in [0.15, 0.2) is 36.4 Å². The van der Waals surface area contributed by atoms with E-state index in [1.54, 1.807) is 10.4 Å². The summed E-state index contributed by atoms with van der Waals surface area (Å²) in [5, 5.41) is 19.5. The first-order chi connectivity index (χ1) is 16.4. The maximum Gasteiger partial charge on any atom is 0.408 e. The lowest BCUT2D eigenvalue weighted by Gasteiger charge is -2.44. The van der Waals surface area contributed by atoms with Crippen LogP contribution in [0.5, 0.6) is 0 Å². The lowest BCUT2D eigenvalue weighted by molar-refractivity contribution is -0.149. The van der Waals surface area contributed by atoms with Gasteiger partial charge in [0.25, 0.3) is 0 Å². The van der Waals surface area contributed by atoms with E-state index in [1.165, 1.54) is 0 Å². The molecule has 9 heteroatoms. The zero-order chi connectivity index (χ0) is 23.9. The molecule has 3 fully saturated rings. The minimum Gasteiger partial charge on any atom is -0.465 e. The fourth-order valence-corrected chi connectivity index (χ4v) is 6.43. The number of ether oxygens (including phenoxy) is 1. The van der Waals surface area contributed by atoms with Crippen LogP contribution in [0.3, 0.4) is 0 Å². The van der Waals surface area contributed by atoms with Gasteiger partial charge in [-0.2, -0.15) is 0 Å². The van der Waals surface area contributed by atoms with Crippen molar-refractivity contribution < 1.29 is 29.4 Å². The number of hydrogen-bond acceptors (Lipinski definition) is 5. The molecule has 4 aliphatic rings. The molecule has 3 heterocycles. The van der Waals surface area contributed by atoms with Gasteiger partial charge in [0.2, 0.25) is 11.8 Å². The van der Waals surface area contributed by atoms with E-state index < -0.39 is 29.9 Å². The highest BCUT2D eigenvalue weighted by atomic mass is 16.5. The number of benzene rings is 1. The Morgan fingerprint density at radius 2 is 1.82 bits per heavy atom. The van der Waals surface area contributed by atoms with Crippen molar-refractivity contribution in [3.05, 3.63) is 42.0 Å². The van der Waals surface area contributed by atoms with Crippen molar-refractivity contribution in [1.82, 2.24) is 15.3 Å². The van der Waals surface area contributed by atoms with Crippen LogP contribution in [0.1, 0.15) is 31.2 Å². The largest absolute Gasteiger partial charge is 0.465 e. The number of nitrogens with zero attached hydrogens (tertiary/aromatic N) is 2. The van der Waals surface area contributed by atoms with Crippen molar-refractivity contribution in [3.8, 4) is 0 Å². The predicted octanol–water partition coefficient (Wildman–Crippen LogP) is 2.22. The van der Waals surface area contributed by atoms with E-state index in [0.717, 1.165) is 35.3 Å². The van der Waals surface area contributed by atoms with Gasteiger partial charge in [0, 0.05) is 32.8 Å².